The Morgan fingerprint density at radius 2 is 1.63 bits per heavy atom. The van der Waals surface area contributed by atoms with Gasteiger partial charge in [-0.1, -0.05) is 24.3 Å². The van der Waals surface area contributed by atoms with E-state index in [2.05, 4.69) is 15.6 Å². The van der Waals surface area contributed by atoms with E-state index in [0.717, 1.165) is 23.3 Å². The van der Waals surface area contributed by atoms with Crippen LogP contribution >= 0.6 is 24.0 Å². The van der Waals surface area contributed by atoms with Gasteiger partial charge in [-0.3, -0.25) is 4.99 Å². The highest BCUT2D eigenvalue weighted by atomic mass is 127. The Labute approximate surface area is 177 Å². The first-order valence-corrected chi connectivity index (χ1v) is 9.66. The predicted octanol–water partition coefficient (Wildman–Crippen LogP) is 1.87. The average molecular weight is 504 g/mol. The molecule has 0 aliphatic rings. The van der Waals surface area contributed by atoms with Crippen molar-refractivity contribution < 1.29 is 13.2 Å². The maximum absolute atomic E-state index is 11.2. The number of hydrogen-bond donors (Lipinski definition) is 3. The molecule has 0 fully saturated rings. The molecule has 0 saturated heterocycles. The van der Waals surface area contributed by atoms with E-state index < -0.39 is 10.0 Å². The molecular weight excluding hydrogens is 479 g/mol. The summed E-state index contributed by atoms with van der Waals surface area (Å²) < 4.78 is 27.6. The van der Waals surface area contributed by atoms with Crippen LogP contribution < -0.4 is 20.5 Å². The molecule has 0 aliphatic carbocycles. The van der Waals surface area contributed by atoms with Crippen LogP contribution in [0.4, 0.5) is 0 Å². The quantitative estimate of drug-likeness (QED) is 0.303. The third-order valence-corrected chi connectivity index (χ3v) is 4.73. The number of rotatable bonds is 7. The second-order valence-electron chi connectivity index (χ2n) is 5.64. The highest BCUT2D eigenvalue weighted by molar-refractivity contribution is 14.0. The Balaban J connectivity index is 0.00000364. The Kier molecular flexibility index (Phi) is 9.53. The molecule has 0 bridgehead atoms. The number of benzene rings is 2. The number of primary sulfonamides is 1. The molecule has 2 rings (SSSR count). The summed E-state index contributed by atoms with van der Waals surface area (Å²) in [5, 5.41) is 11.6. The van der Waals surface area contributed by atoms with Gasteiger partial charge in [-0.25, -0.2) is 13.6 Å². The van der Waals surface area contributed by atoms with E-state index in [1.54, 1.807) is 26.3 Å². The summed E-state index contributed by atoms with van der Waals surface area (Å²) in [4.78, 5) is 4.31. The maximum atomic E-state index is 11.2. The summed E-state index contributed by atoms with van der Waals surface area (Å²) in [6.07, 6.45) is 0.730. The van der Waals surface area contributed by atoms with Crippen LogP contribution in [0.3, 0.4) is 0 Å². The number of ether oxygens (including phenoxy) is 1. The van der Waals surface area contributed by atoms with Crippen molar-refractivity contribution in [1.29, 1.82) is 0 Å². The zero-order chi connectivity index (χ0) is 19.0. The lowest BCUT2D eigenvalue weighted by molar-refractivity contribution is 0.414. The second kappa shape index (κ2) is 11.1. The fraction of sp³-hybridized carbons (Fsp3) is 0.278. The van der Waals surface area contributed by atoms with Crippen molar-refractivity contribution >= 4 is 40.0 Å². The summed E-state index contributed by atoms with van der Waals surface area (Å²) in [5.41, 5.74) is 2.13. The minimum Gasteiger partial charge on any atom is -0.497 e. The van der Waals surface area contributed by atoms with E-state index in [1.165, 1.54) is 12.1 Å². The van der Waals surface area contributed by atoms with Gasteiger partial charge in [0.15, 0.2) is 5.96 Å². The van der Waals surface area contributed by atoms with Crippen LogP contribution in [0.2, 0.25) is 0 Å². The number of hydrogen-bond acceptors (Lipinski definition) is 4. The lowest BCUT2D eigenvalue weighted by Crippen LogP contribution is -2.37. The van der Waals surface area contributed by atoms with Gasteiger partial charge in [0.1, 0.15) is 5.75 Å². The monoisotopic (exact) mass is 504 g/mol. The number of sulfonamides is 1. The molecule has 0 amide bonds. The van der Waals surface area contributed by atoms with E-state index in [9.17, 15) is 8.42 Å². The maximum Gasteiger partial charge on any atom is 0.238 e. The normalized spacial score (nSPS) is 11.4. The fourth-order valence-electron chi connectivity index (χ4n) is 2.32. The first-order valence-electron chi connectivity index (χ1n) is 8.11. The number of nitrogens with two attached hydrogens (primary N) is 1. The van der Waals surface area contributed by atoms with E-state index in [4.69, 9.17) is 9.88 Å². The van der Waals surface area contributed by atoms with Crippen LogP contribution in [-0.2, 0) is 23.0 Å². The first kappa shape index (κ1) is 23.2. The minimum atomic E-state index is -3.65. The number of halogens is 1. The van der Waals surface area contributed by atoms with Crippen molar-refractivity contribution in [2.75, 3.05) is 20.7 Å². The Morgan fingerprint density at radius 1 is 1.04 bits per heavy atom. The van der Waals surface area contributed by atoms with Crippen LogP contribution in [0.1, 0.15) is 11.1 Å². The summed E-state index contributed by atoms with van der Waals surface area (Å²) in [7, 11) is -0.295. The lowest BCUT2D eigenvalue weighted by atomic mass is 10.1. The van der Waals surface area contributed by atoms with Crippen LogP contribution in [-0.4, -0.2) is 35.1 Å². The van der Waals surface area contributed by atoms with Crippen LogP contribution in [0.5, 0.6) is 5.75 Å². The highest BCUT2D eigenvalue weighted by Crippen LogP contribution is 2.11. The molecule has 2 aromatic rings. The molecule has 0 unspecified atom stereocenters. The molecule has 4 N–H and O–H groups in total. The molecule has 9 heteroatoms. The number of guanidine groups is 1. The third-order valence-electron chi connectivity index (χ3n) is 3.80. The smallest absolute Gasteiger partial charge is 0.238 e. The van der Waals surface area contributed by atoms with E-state index in [-0.39, 0.29) is 28.9 Å². The van der Waals surface area contributed by atoms with Crippen molar-refractivity contribution in [3.05, 3.63) is 59.7 Å². The van der Waals surface area contributed by atoms with Crippen molar-refractivity contribution in [2.24, 2.45) is 10.1 Å². The molecule has 0 atom stereocenters. The van der Waals surface area contributed by atoms with Crippen LogP contribution in [0, 0.1) is 0 Å². The molecular formula is C18H25IN4O3S. The van der Waals surface area contributed by atoms with Gasteiger partial charge >= 0.3 is 0 Å². The van der Waals surface area contributed by atoms with Gasteiger partial charge in [0.2, 0.25) is 10.0 Å². The van der Waals surface area contributed by atoms with E-state index in [1.807, 2.05) is 24.3 Å². The molecule has 0 aliphatic heterocycles. The Hall–Kier alpha value is -1.85. The largest absolute Gasteiger partial charge is 0.497 e. The molecule has 27 heavy (non-hydrogen) atoms. The molecule has 0 saturated carbocycles. The van der Waals surface area contributed by atoms with Crippen molar-refractivity contribution in [3.63, 3.8) is 0 Å². The standard InChI is InChI=1S/C18H24N4O3S.HI/c1-20-18(22-13-15-3-7-16(25-2)8-4-15)21-12-11-14-5-9-17(10-6-14)26(19,23)24;/h3-10H,11-13H2,1-2H3,(H2,19,23,24)(H2,20,21,22);1H. The van der Waals surface area contributed by atoms with Crippen molar-refractivity contribution in [2.45, 2.75) is 17.9 Å². The third kappa shape index (κ3) is 7.73. The first-order chi connectivity index (χ1) is 12.4. The molecule has 2 aromatic carbocycles. The SMILES string of the molecule is CN=C(NCCc1ccc(S(N)(=O)=O)cc1)NCc1ccc(OC)cc1.I. The number of nitrogens with one attached hydrogen (secondary N) is 2. The van der Waals surface area contributed by atoms with Gasteiger partial charge < -0.3 is 15.4 Å². The number of methoxy groups -OCH3 is 1. The Morgan fingerprint density at radius 3 is 2.15 bits per heavy atom. The average Bonchev–Trinajstić information content (AvgIpc) is 2.64. The zero-order valence-electron chi connectivity index (χ0n) is 15.3. The minimum absolute atomic E-state index is 0. The zero-order valence-corrected chi connectivity index (χ0v) is 18.5. The topological polar surface area (TPSA) is 106 Å². The lowest BCUT2D eigenvalue weighted by Gasteiger charge is -2.12. The molecule has 148 valence electrons. The van der Waals surface area contributed by atoms with Crippen molar-refractivity contribution in [1.82, 2.24) is 10.6 Å². The number of aliphatic imine (C=N–C) groups is 1. The molecule has 0 radical (unpaired) electrons. The molecule has 0 aromatic heterocycles. The van der Waals surface area contributed by atoms with E-state index >= 15 is 0 Å². The predicted molar refractivity (Wildman–Crippen MR) is 118 cm³/mol. The fourth-order valence-corrected chi connectivity index (χ4v) is 2.84. The van der Waals surface area contributed by atoms with Gasteiger partial charge in [0, 0.05) is 20.1 Å². The highest BCUT2D eigenvalue weighted by Gasteiger charge is 2.06. The van der Waals surface area contributed by atoms with Crippen LogP contribution in [0.15, 0.2) is 58.4 Å². The Bertz CT molecular complexity index is 838. The summed E-state index contributed by atoms with van der Waals surface area (Å²) in [5.74, 6) is 1.52. The summed E-state index contributed by atoms with van der Waals surface area (Å²) in [6.45, 7) is 1.31. The van der Waals surface area contributed by atoms with Gasteiger partial charge in [-0.15, -0.1) is 24.0 Å². The van der Waals surface area contributed by atoms with Crippen molar-refractivity contribution in [3.8, 4) is 5.75 Å². The summed E-state index contributed by atoms with van der Waals surface area (Å²) >= 11 is 0. The molecule has 0 heterocycles. The van der Waals surface area contributed by atoms with Gasteiger partial charge in [0.25, 0.3) is 0 Å². The molecule has 0 spiro atoms. The number of nitrogens with zero attached hydrogens (tertiary/aromatic N) is 1. The van der Waals surface area contributed by atoms with Gasteiger partial charge in [-0.2, -0.15) is 0 Å². The van der Waals surface area contributed by atoms with E-state index in [0.29, 0.717) is 19.0 Å². The van der Waals surface area contributed by atoms with Gasteiger partial charge in [0.05, 0.1) is 12.0 Å². The van der Waals surface area contributed by atoms with Gasteiger partial charge in [-0.05, 0) is 41.8 Å². The second-order valence-corrected chi connectivity index (χ2v) is 7.20. The van der Waals surface area contributed by atoms with Crippen LogP contribution in [0.25, 0.3) is 0 Å². The summed E-state index contributed by atoms with van der Waals surface area (Å²) in [6, 6.07) is 14.4. The molecule has 7 nitrogen and oxygen atoms in total.